The molecule has 0 aliphatic heterocycles. The lowest BCUT2D eigenvalue weighted by Gasteiger charge is -2.28. The third-order valence-corrected chi connectivity index (χ3v) is 4.06. The third-order valence-electron chi connectivity index (χ3n) is 2.53. The molecule has 0 bridgehead atoms. The molecule has 0 radical (unpaired) electrons. The predicted molar refractivity (Wildman–Crippen MR) is 65.2 cm³/mol. The SMILES string of the molecule is CC(C)(C)NS(=O)(=O)NC1CCC(N)CC1. The number of hydrogen-bond donors (Lipinski definition) is 3. The fourth-order valence-electron chi connectivity index (χ4n) is 1.89. The summed E-state index contributed by atoms with van der Waals surface area (Å²) in [4.78, 5) is 0. The molecule has 0 aromatic rings. The lowest BCUT2D eigenvalue weighted by molar-refractivity contribution is 0.369. The van der Waals surface area contributed by atoms with E-state index in [0.29, 0.717) is 0 Å². The Morgan fingerprint density at radius 3 is 2.06 bits per heavy atom. The average molecular weight is 249 g/mol. The Balaban J connectivity index is 2.47. The fourth-order valence-corrected chi connectivity index (χ4v) is 3.43. The van der Waals surface area contributed by atoms with Gasteiger partial charge in [0.1, 0.15) is 0 Å². The van der Waals surface area contributed by atoms with E-state index in [9.17, 15) is 8.42 Å². The van der Waals surface area contributed by atoms with Gasteiger partial charge in [-0.15, -0.1) is 0 Å². The van der Waals surface area contributed by atoms with Gasteiger partial charge in [0.2, 0.25) is 0 Å². The quantitative estimate of drug-likeness (QED) is 0.680. The smallest absolute Gasteiger partial charge is 0.277 e. The number of nitrogens with one attached hydrogen (secondary N) is 2. The van der Waals surface area contributed by atoms with Gasteiger partial charge in [-0.3, -0.25) is 0 Å². The first kappa shape index (κ1) is 13.9. The van der Waals surface area contributed by atoms with Gasteiger partial charge < -0.3 is 5.73 Å². The predicted octanol–water partition coefficient (Wildman–Crippen LogP) is 0.479. The van der Waals surface area contributed by atoms with Crippen LogP contribution in [-0.4, -0.2) is 26.0 Å². The molecule has 0 atom stereocenters. The highest BCUT2D eigenvalue weighted by molar-refractivity contribution is 7.87. The maximum absolute atomic E-state index is 11.7. The average Bonchev–Trinajstić information content (AvgIpc) is 2.04. The summed E-state index contributed by atoms with van der Waals surface area (Å²) in [6.45, 7) is 5.47. The molecule has 16 heavy (non-hydrogen) atoms. The maximum atomic E-state index is 11.7. The normalized spacial score (nSPS) is 28.0. The van der Waals surface area contributed by atoms with E-state index in [-0.39, 0.29) is 12.1 Å². The zero-order chi connectivity index (χ0) is 12.4. The van der Waals surface area contributed by atoms with Gasteiger partial charge in [-0.25, -0.2) is 0 Å². The van der Waals surface area contributed by atoms with Crippen LogP contribution in [0.15, 0.2) is 0 Å². The topological polar surface area (TPSA) is 84.2 Å². The molecule has 0 aromatic carbocycles. The summed E-state index contributed by atoms with van der Waals surface area (Å²) in [5.41, 5.74) is 5.32. The molecule has 0 saturated heterocycles. The van der Waals surface area contributed by atoms with E-state index in [1.165, 1.54) is 0 Å². The van der Waals surface area contributed by atoms with E-state index in [1.807, 2.05) is 20.8 Å². The van der Waals surface area contributed by atoms with Gasteiger partial charge in [-0.1, -0.05) is 0 Å². The lowest BCUT2D eigenvalue weighted by atomic mass is 9.93. The summed E-state index contributed by atoms with van der Waals surface area (Å²) in [5.74, 6) is 0. The summed E-state index contributed by atoms with van der Waals surface area (Å²) < 4.78 is 28.7. The number of nitrogens with two attached hydrogens (primary N) is 1. The second kappa shape index (κ2) is 5.00. The molecule has 0 unspecified atom stereocenters. The van der Waals surface area contributed by atoms with Crippen LogP contribution in [0.3, 0.4) is 0 Å². The van der Waals surface area contributed by atoms with E-state index < -0.39 is 15.7 Å². The Morgan fingerprint density at radius 2 is 1.62 bits per heavy atom. The highest BCUT2D eigenvalue weighted by atomic mass is 32.2. The van der Waals surface area contributed by atoms with Crippen molar-refractivity contribution in [1.82, 2.24) is 9.44 Å². The van der Waals surface area contributed by atoms with E-state index in [1.54, 1.807) is 0 Å². The van der Waals surface area contributed by atoms with Gasteiger partial charge in [0, 0.05) is 17.6 Å². The van der Waals surface area contributed by atoms with E-state index >= 15 is 0 Å². The van der Waals surface area contributed by atoms with E-state index in [4.69, 9.17) is 5.73 Å². The summed E-state index contributed by atoms with van der Waals surface area (Å²) in [6, 6.07) is 0.260. The van der Waals surface area contributed by atoms with Crippen molar-refractivity contribution in [2.45, 2.75) is 64.1 Å². The van der Waals surface area contributed by atoms with Crippen molar-refractivity contribution in [3.05, 3.63) is 0 Å². The van der Waals surface area contributed by atoms with E-state index in [0.717, 1.165) is 25.7 Å². The molecule has 1 fully saturated rings. The van der Waals surface area contributed by atoms with Crippen molar-refractivity contribution in [3.8, 4) is 0 Å². The van der Waals surface area contributed by atoms with Crippen molar-refractivity contribution in [1.29, 1.82) is 0 Å². The molecule has 1 saturated carbocycles. The zero-order valence-corrected chi connectivity index (χ0v) is 11.1. The molecule has 6 heteroatoms. The summed E-state index contributed by atoms with van der Waals surface area (Å²) in [5, 5.41) is 0. The summed E-state index contributed by atoms with van der Waals surface area (Å²) >= 11 is 0. The van der Waals surface area contributed by atoms with Crippen LogP contribution in [0.25, 0.3) is 0 Å². The zero-order valence-electron chi connectivity index (χ0n) is 10.3. The standard InChI is InChI=1S/C10H23N3O2S/c1-10(2,3)13-16(14,15)12-9-6-4-8(11)5-7-9/h8-9,12-13H,4-7,11H2,1-3H3. The van der Waals surface area contributed by atoms with Crippen LogP contribution >= 0.6 is 0 Å². The summed E-state index contributed by atoms with van der Waals surface area (Å²) in [7, 11) is -3.40. The van der Waals surface area contributed by atoms with Gasteiger partial charge in [0.25, 0.3) is 10.2 Å². The first-order valence-corrected chi connectivity index (χ1v) is 7.23. The monoisotopic (exact) mass is 249 g/mol. The van der Waals surface area contributed by atoms with Crippen LogP contribution in [0.5, 0.6) is 0 Å². The molecule has 1 rings (SSSR count). The van der Waals surface area contributed by atoms with Crippen LogP contribution in [-0.2, 0) is 10.2 Å². The van der Waals surface area contributed by atoms with Crippen LogP contribution in [0.4, 0.5) is 0 Å². The minimum atomic E-state index is -3.40. The largest absolute Gasteiger partial charge is 0.328 e. The molecule has 4 N–H and O–H groups in total. The molecule has 0 amide bonds. The van der Waals surface area contributed by atoms with E-state index in [2.05, 4.69) is 9.44 Å². The fraction of sp³-hybridized carbons (Fsp3) is 1.00. The molecular formula is C10H23N3O2S. The molecule has 96 valence electrons. The molecule has 5 nitrogen and oxygen atoms in total. The molecule has 1 aliphatic rings. The minimum Gasteiger partial charge on any atom is -0.328 e. The van der Waals surface area contributed by atoms with Crippen molar-refractivity contribution >= 4 is 10.2 Å². The Kier molecular flexibility index (Phi) is 4.34. The molecule has 1 aliphatic carbocycles. The van der Waals surface area contributed by atoms with Gasteiger partial charge in [-0.05, 0) is 46.5 Å². The highest BCUT2D eigenvalue weighted by Gasteiger charge is 2.25. The second-order valence-electron chi connectivity index (χ2n) is 5.59. The van der Waals surface area contributed by atoms with Crippen molar-refractivity contribution < 1.29 is 8.42 Å². The molecular weight excluding hydrogens is 226 g/mol. The van der Waals surface area contributed by atoms with Gasteiger partial charge in [-0.2, -0.15) is 17.9 Å². The second-order valence-corrected chi connectivity index (χ2v) is 7.03. The maximum Gasteiger partial charge on any atom is 0.277 e. The van der Waals surface area contributed by atoms with Crippen LogP contribution < -0.4 is 15.2 Å². The van der Waals surface area contributed by atoms with Crippen molar-refractivity contribution in [2.24, 2.45) is 5.73 Å². The van der Waals surface area contributed by atoms with Crippen molar-refractivity contribution in [3.63, 3.8) is 0 Å². The van der Waals surface area contributed by atoms with Crippen LogP contribution in [0.1, 0.15) is 46.5 Å². The van der Waals surface area contributed by atoms with Gasteiger partial charge in [0.15, 0.2) is 0 Å². The van der Waals surface area contributed by atoms with Gasteiger partial charge >= 0.3 is 0 Å². The van der Waals surface area contributed by atoms with Crippen LogP contribution in [0, 0.1) is 0 Å². The Labute approximate surface area is 98.4 Å². The lowest BCUT2D eigenvalue weighted by Crippen LogP contribution is -2.51. The number of hydrogen-bond acceptors (Lipinski definition) is 3. The first-order chi connectivity index (χ1) is 7.18. The Hall–Kier alpha value is -0.170. The van der Waals surface area contributed by atoms with Crippen LogP contribution in [0.2, 0.25) is 0 Å². The van der Waals surface area contributed by atoms with Gasteiger partial charge in [0.05, 0.1) is 0 Å². The molecule has 0 aromatic heterocycles. The molecule has 0 spiro atoms. The van der Waals surface area contributed by atoms with Crippen molar-refractivity contribution in [2.75, 3.05) is 0 Å². The third kappa shape index (κ3) is 5.25. The highest BCUT2D eigenvalue weighted by Crippen LogP contribution is 2.17. The Morgan fingerprint density at radius 1 is 1.12 bits per heavy atom. The minimum absolute atomic E-state index is 0.0275. The Bertz CT molecular complexity index is 313. The number of rotatable bonds is 3. The summed E-state index contributed by atoms with van der Waals surface area (Å²) in [6.07, 6.45) is 3.43. The first-order valence-electron chi connectivity index (χ1n) is 5.75. The molecule has 0 heterocycles.